The highest BCUT2D eigenvalue weighted by Gasteiger charge is 2.21. The van der Waals surface area contributed by atoms with Crippen molar-refractivity contribution in [2.45, 2.75) is 18.3 Å². The molecule has 0 bridgehead atoms. The Kier molecular flexibility index (Phi) is 2.54. The molecule has 2 N–H and O–H groups in total. The second-order valence-corrected chi connectivity index (χ2v) is 5.41. The van der Waals surface area contributed by atoms with Gasteiger partial charge in [0.1, 0.15) is 0 Å². The van der Waals surface area contributed by atoms with E-state index in [0.717, 1.165) is 0 Å². The van der Waals surface area contributed by atoms with Crippen LogP contribution in [0.5, 0.6) is 0 Å². The van der Waals surface area contributed by atoms with Crippen LogP contribution < -0.4 is 5.14 Å². The van der Waals surface area contributed by atoms with Crippen LogP contribution in [0.15, 0.2) is 0 Å². The monoisotopic (exact) mass is 139 g/mol. The zero-order valence-corrected chi connectivity index (χ0v) is 6.44. The number of nitrogens with two attached hydrogens (primary N) is 1. The largest absolute Gasteiger partial charge is 0.598 e. The third kappa shape index (κ3) is 3.30. The summed E-state index contributed by atoms with van der Waals surface area (Å²) in [5.74, 6) is 0. The lowest BCUT2D eigenvalue weighted by atomic mass is 10.5. The molecule has 7 heavy (non-hydrogen) atoms. The van der Waals surface area contributed by atoms with Crippen molar-refractivity contribution in [3.63, 3.8) is 0 Å². The Balaban J connectivity index is 3.54. The van der Waals surface area contributed by atoms with Crippen molar-refractivity contribution in [2.24, 2.45) is 5.14 Å². The first kappa shape index (κ1) is 7.70. The lowest BCUT2D eigenvalue weighted by Gasteiger charge is -2.17. The quantitative estimate of drug-likeness (QED) is 0.417. The number of hydrogen-bond donors (Lipinski definition) is 1. The maximum Gasteiger partial charge on any atom is 0.150 e. The summed E-state index contributed by atoms with van der Waals surface area (Å²) < 4.78 is 10.0. The van der Waals surface area contributed by atoms with Crippen LogP contribution in [0.25, 0.3) is 0 Å². The van der Waals surface area contributed by atoms with Crippen molar-refractivity contribution in [2.75, 3.05) is 0 Å². The van der Waals surface area contributed by atoms with E-state index >= 15 is 0 Å². The van der Waals surface area contributed by atoms with E-state index in [0.29, 0.717) is 0 Å². The standard InChI is InChI=1S/C3H10NOPS/c1-3(2,6)7(4)5/h4,6H2,1-2H3. The Morgan fingerprint density at radius 2 is 1.86 bits per heavy atom. The number of rotatable bonds is 1. The van der Waals surface area contributed by atoms with Crippen molar-refractivity contribution in [1.29, 1.82) is 0 Å². The molecule has 0 heterocycles. The predicted molar refractivity (Wildman–Crippen MR) is 36.1 cm³/mol. The normalized spacial score (nSPS) is 16.7. The molecule has 0 fully saturated rings. The van der Waals surface area contributed by atoms with Gasteiger partial charge in [0.25, 0.3) is 0 Å². The van der Waals surface area contributed by atoms with Gasteiger partial charge >= 0.3 is 0 Å². The average Bonchev–Trinajstić information content (AvgIpc) is 1.31. The summed E-state index contributed by atoms with van der Waals surface area (Å²) in [5.41, 5.74) is 0. The van der Waals surface area contributed by atoms with Gasteiger partial charge in [0.2, 0.25) is 0 Å². The lowest BCUT2D eigenvalue weighted by molar-refractivity contribution is 0.583. The molecule has 0 aromatic carbocycles. The smallest absolute Gasteiger partial charge is 0.150 e. The zero-order chi connectivity index (χ0) is 6.08. The minimum Gasteiger partial charge on any atom is -0.598 e. The average molecular weight is 139 g/mol. The van der Waals surface area contributed by atoms with Crippen LogP contribution in [0.1, 0.15) is 13.8 Å². The first-order valence-corrected chi connectivity index (χ1v) is 3.69. The summed E-state index contributed by atoms with van der Waals surface area (Å²) in [4.78, 5) is 0. The molecule has 44 valence electrons. The highest BCUT2D eigenvalue weighted by Crippen LogP contribution is 2.20. The van der Waals surface area contributed by atoms with Gasteiger partial charge in [-0.2, -0.15) is 5.14 Å². The van der Waals surface area contributed by atoms with Gasteiger partial charge < -0.3 is 4.55 Å². The van der Waals surface area contributed by atoms with Crippen LogP contribution in [0.3, 0.4) is 0 Å². The Morgan fingerprint density at radius 1 is 1.71 bits per heavy atom. The topological polar surface area (TPSA) is 49.1 Å². The molecule has 0 amide bonds. The molecule has 0 aromatic rings. The van der Waals surface area contributed by atoms with Crippen molar-refractivity contribution in [3.8, 4) is 0 Å². The lowest BCUT2D eigenvalue weighted by Crippen LogP contribution is -2.31. The van der Waals surface area contributed by atoms with Gasteiger partial charge in [0, 0.05) is 11.4 Å². The van der Waals surface area contributed by atoms with Crippen molar-refractivity contribution in [3.05, 3.63) is 0 Å². The summed E-state index contributed by atoms with van der Waals surface area (Å²) in [6, 6.07) is 0. The fourth-order valence-corrected chi connectivity index (χ4v) is 0. The molecule has 2 unspecified atom stereocenters. The highest BCUT2D eigenvalue weighted by molar-refractivity contribution is 7.94. The van der Waals surface area contributed by atoms with E-state index < -0.39 is 11.4 Å². The van der Waals surface area contributed by atoms with E-state index in [2.05, 4.69) is 9.24 Å². The van der Waals surface area contributed by atoms with Crippen molar-refractivity contribution in [1.82, 2.24) is 0 Å². The summed E-state index contributed by atoms with van der Waals surface area (Å²) in [5, 5.41) is 5.02. The van der Waals surface area contributed by atoms with Gasteiger partial charge in [-0.15, -0.1) is 0 Å². The second-order valence-electron chi connectivity index (χ2n) is 1.90. The minimum absolute atomic E-state index is 0.333. The van der Waals surface area contributed by atoms with Crippen LogP contribution in [0, 0.1) is 0 Å². The Bertz CT molecular complexity index is 60.4. The van der Waals surface area contributed by atoms with Gasteiger partial charge in [-0.3, -0.25) is 0 Å². The van der Waals surface area contributed by atoms with Crippen molar-refractivity contribution < 1.29 is 4.55 Å². The predicted octanol–water partition coefficient (Wildman–Crippen LogP) is 0.220. The molecule has 0 saturated carbocycles. The third-order valence-corrected chi connectivity index (χ3v) is 2.25. The molecule has 0 aromatic heterocycles. The Hall–Kier alpha value is 0.700. The fraction of sp³-hybridized carbons (Fsp3) is 1.00. The minimum atomic E-state index is -1.22. The van der Waals surface area contributed by atoms with Crippen LogP contribution in [-0.4, -0.2) is 9.04 Å². The molecule has 2 nitrogen and oxygen atoms in total. The second kappa shape index (κ2) is 2.31. The molecule has 2 atom stereocenters. The Morgan fingerprint density at radius 3 is 1.86 bits per heavy atom. The van der Waals surface area contributed by atoms with Crippen LogP contribution in [0.2, 0.25) is 0 Å². The van der Waals surface area contributed by atoms with E-state index in [4.69, 9.17) is 5.14 Å². The van der Waals surface area contributed by atoms with E-state index in [9.17, 15) is 4.55 Å². The van der Waals surface area contributed by atoms with Gasteiger partial charge in [-0.05, 0) is 13.8 Å². The van der Waals surface area contributed by atoms with Gasteiger partial charge in [0.15, 0.2) is 4.49 Å². The SMILES string of the molecule is CC(C)(P)[S+](N)[O-]. The summed E-state index contributed by atoms with van der Waals surface area (Å²) in [7, 11) is 2.41. The van der Waals surface area contributed by atoms with Crippen LogP contribution in [-0.2, 0) is 11.4 Å². The molecule has 0 aliphatic rings. The molecular weight excluding hydrogens is 129 g/mol. The van der Waals surface area contributed by atoms with Crippen LogP contribution in [0.4, 0.5) is 0 Å². The van der Waals surface area contributed by atoms with Gasteiger partial charge in [0.05, 0.1) is 0 Å². The molecule has 0 saturated heterocycles. The number of hydrogen-bond acceptors (Lipinski definition) is 2. The molecular formula is C3H10NOPS. The zero-order valence-electron chi connectivity index (χ0n) is 4.47. The third-order valence-electron chi connectivity index (χ3n) is 0.519. The summed E-state index contributed by atoms with van der Waals surface area (Å²) in [6.07, 6.45) is 0. The summed E-state index contributed by atoms with van der Waals surface area (Å²) >= 11 is -1.22. The van der Waals surface area contributed by atoms with Gasteiger partial charge in [-0.1, -0.05) is 9.24 Å². The maximum atomic E-state index is 10.3. The van der Waals surface area contributed by atoms with Crippen molar-refractivity contribution >= 4 is 20.6 Å². The molecule has 0 spiro atoms. The molecule has 0 aliphatic heterocycles. The fourth-order valence-electron chi connectivity index (χ4n) is 0. The molecule has 0 radical (unpaired) electrons. The molecule has 0 aliphatic carbocycles. The van der Waals surface area contributed by atoms with Crippen LogP contribution >= 0.6 is 9.24 Å². The van der Waals surface area contributed by atoms with E-state index in [1.165, 1.54) is 0 Å². The maximum absolute atomic E-state index is 10.3. The van der Waals surface area contributed by atoms with E-state index in [-0.39, 0.29) is 4.49 Å². The van der Waals surface area contributed by atoms with E-state index in [1.807, 2.05) is 0 Å². The highest BCUT2D eigenvalue weighted by atomic mass is 32.2. The molecule has 4 heteroatoms. The Labute approximate surface area is 49.4 Å². The molecule has 0 rings (SSSR count). The first-order valence-electron chi connectivity index (χ1n) is 1.90. The summed E-state index contributed by atoms with van der Waals surface area (Å²) in [6.45, 7) is 3.60. The van der Waals surface area contributed by atoms with E-state index in [1.54, 1.807) is 13.8 Å². The van der Waals surface area contributed by atoms with Gasteiger partial charge in [-0.25, -0.2) is 0 Å². The first-order chi connectivity index (χ1) is 2.94.